The van der Waals surface area contributed by atoms with E-state index in [1.807, 2.05) is 38.1 Å². The van der Waals surface area contributed by atoms with Gasteiger partial charge in [0.05, 0.1) is 5.56 Å². The summed E-state index contributed by atoms with van der Waals surface area (Å²) >= 11 is 0. The van der Waals surface area contributed by atoms with Crippen molar-refractivity contribution in [3.8, 4) is 0 Å². The Hall–Kier alpha value is -2.77. The van der Waals surface area contributed by atoms with Gasteiger partial charge in [0.25, 0.3) is 5.56 Å². The van der Waals surface area contributed by atoms with Crippen LogP contribution in [-0.2, 0) is 17.5 Å². The molecule has 0 atom stereocenters. The Morgan fingerprint density at radius 2 is 1.96 bits per heavy atom. The van der Waals surface area contributed by atoms with Crippen LogP contribution >= 0.6 is 0 Å². The van der Waals surface area contributed by atoms with E-state index in [4.69, 9.17) is 0 Å². The molecule has 1 N–H and O–H groups in total. The molecule has 2 aromatic rings. The van der Waals surface area contributed by atoms with Crippen LogP contribution in [0.25, 0.3) is 0 Å². The van der Waals surface area contributed by atoms with E-state index < -0.39 is 29.8 Å². The summed E-state index contributed by atoms with van der Waals surface area (Å²) in [5, 5.41) is 2.64. The lowest BCUT2D eigenvalue weighted by Gasteiger charge is -2.23. The normalized spacial score (nSPS) is 11.3. The molecule has 0 aliphatic carbocycles. The minimum Gasteiger partial charge on any atom is -0.370 e. The average molecular weight is 381 g/mol. The van der Waals surface area contributed by atoms with E-state index in [2.05, 4.69) is 10.2 Å². The van der Waals surface area contributed by atoms with Gasteiger partial charge in [0.1, 0.15) is 6.54 Å². The Morgan fingerprint density at radius 1 is 1.22 bits per heavy atom. The van der Waals surface area contributed by atoms with Crippen LogP contribution in [-0.4, -0.2) is 30.1 Å². The smallest absolute Gasteiger partial charge is 0.370 e. The van der Waals surface area contributed by atoms with Gasteiger partial charge in [0.2, 0.25) is 5.91 Å². The Kier molecular flexibility index (Phi) is 6.65. The number of anilines is 1. The van der Waals surface area contributed by atoms with Gasteiger partial charge in [-0.25, -0.2) is 0 Å². The molecule has 0 unspecified atom stereocenters. The van der Waals surface area contributed by atoms with Crippen LogP contribution in [0.4, 0.5) is 18.9 Å². The minimum absolute atomic E-state index is 0.314. The van der Waals surface area contributed by atoms with Gasteiger partial charge in [-0.15, -0.1) is 0 Å². The lowest BCUT2D eigenvalue weighted by Crippen LogP contribution is -2.38. The highest BCUT2D eigenvalue weighted by atomic mass is 19.4. The molecule has 0 bridgehead atoms. The van der Waals surface area contributed by atoms with E-state index in [0.717, 1.165) is 28.4 Å². The van der Waals surface area contributed by atoms with Crippen molar-refractivity contribution < 1.29 is 18.0 Å². The number of rotatable bonds is 7. The molecule has 5 nitrogen and oxygen atoms in total. The van der Waals surface area contributed by atoms with Crippen LogP contribution in [0.15, 0.2) is 47.4 Å². The molecular weight excluding hydrogens is 359 g/mol. The first-order chi connectivity index (χ1) is 12.7. The van der Waals surface area contributed by atoms with Crippen LogP contribution in [0.2, 0.25) is 0 Å². The Morgan fingerprint density at radius 3 is 2.59 bits per heavy atom. The third-order valence-electron chi connectivity index (χ3n) is 4.08. The number of halogens is 3. The van der Waals surface area contributed by atoms with Crippen molar-refractivity contribution in [3.63, 3.8) is 0 Å². The zero-order valence-electron chi connectivity index (χ0n) is 15.2. The second kappa shape index (κ2) is 8.75. The van der Waals surface area contributed by atoms with Gasteiger partial charge in [-0.3, -0.25) is 9.59 Å². The number of hydrogen-bond acceptors (Lipinski definition) is 3. The fourth-order valence-electron chi connectivity index (χ4n) is 2.66. The number of pyridine rings is 1. The summed E-state index contributed by atoms with van der Waals surface area (Å²) in [4.78, 5) is 25.8. The molecule has 0 saturated heterocycles. The SMILES string of the molecule is CCN(CCNC(=O)Cn1cc(C(F)(F)F)ccc1=O)c1cccc(C)c1. The summed E-state index contributed by atoms with van der Waals surface area (Å²) < 4.78 is 39.0. The molecule has 1 aromatic heterocycles. The number of carbonyl (C=O) groups is 1. The first-order valence-electron chi connectivity index (χ1n) is 8.56. The Balaban J connectivity index is 1.94. The van der Waals surface area contributed by atoms with Gasteiger partial charge in [-0.05, 0) is 37.6 Å². The molecule has 0 saturated carbocycles. The summed E-state index contributed by atoms with van der Waals surface area (Å²) in [6.45, 7) is 5.13. The van der Waals surface area contributed by atoms with Crippen molar-refractivity contribution in [2.45, 2.75) is 26.6 Å². The van der Waals surface area contributed by atoms with Crippen LogP contribution in [0.3, 0.4) is 0 Å². The van der Waals surface area contributed by atoms with Crippen LogP contribution in [0.1, 0.15) is 18.1 Å². The second-order valence-electron chi connectivity index (χ2n) is 6.15. The van der Waals surface area contributed by atoms with Gasteiger partial charge >= 0.3 is 6.18 Å². The zero-order valence-corrected chi connectivity index (χ0v) is 15.2. The third-order valence-corrected chi connectivity index (χ3v) is 4.08. The van der Waals surface area contributed by atoms with Crippen molar-refractivity contribution in [2.75, 3.05) is 24.5 Å². The third kappa shape index (κ3) is 5.87. The van der Waals surface area contributed by atoms with Crippen molar-refractivity contribution in [1.82, 2.24) is 9.88 Å². The molecule has 2 rings (SSSR count). The number of hydrogen-bond donors (Lipinski definition) is 1. The first-order valence-corrected chi connectivity index (χ1v) is 8.56. The molecule has 8 heteroatoms. The maximum atomic E-state index is 12.7. The molecule has 0 spiro atoms. The highest BCUT2D eigenvalue weighted by Gasteiger charge is 2.31. The zero-order chi connectivity index (χ0) is 20.0. The summed E-state index contributed by atoms with van der Waals surface area (Å²) in [5.41, 5.74) is 0.527. The molecule has 1 aromatic carbocycles. The summed E-state index contributed by atoms with van der Waals surface area (Å²) in [5.74, 6) is -0.517. The van der Waals surface area contributed by atoms with Crippen molar-refractivity contribution in [2.24, 2.45) is 0 Å². The Bertz CT molecular complexity index is 847. The minimum atomic E-state index is -4.57. The summed E-state index contributed by atoms with van der Waals surface area (Å²) in [6, 6.07) is 9.47. The van der Waals surface area contributed by atoms with Crippen molar-refractivity contribution in [3.05, 3.63) is 64.1 Å². The maximum absolute atomic E-state index is 12.7. The predicted molar refractivity (Wildman–Crippen MR) is 97.8 cm³/mol. The molecule has 0 aliphatic rings. The van der Waals surface area contributed by atoms with E-state index in [-0.39, 0.29) is 0 Å². The number of aryl methyl sites for hydroxylation is 1. The Labute approximate surface area is 155 Å². The van der Waals surface area contributed by atoms with Gasteiger partial charge in [0.15, 0.2) is 0 Å². The van der Waals surface area contributed by atoms with Gasteiger partial charge in [0, 0.05) is 37.6 Å². The van der Waals surface area contributed by atoms with Gasteiger partial charge < -0.3 is 14.8 Å². The summed E-state index contributed by atoms with van der Waals surface area (Å²) in [6.07, 6.45) is -3.91. The topological polar surface area (TPSA) is 54.3 Å². The monoisotopic (exact) mass is 381 g/mol. The van der Waals surface area contributed by atoms with E-state index in [1.165, 1.54) is 0 Å². The van der Waals surface area contributed by atoms with Gasteiger partial charge in [-0.1, -0.05) is 12.1 Å². The van der Waals surface area contributed by atoms with Crippen molar-refractivity contribution in [1.29, 1.82) is 0 Å². The molecular formula is C19H22F3N3O2. The number of carbonyl (C=O) groups excluding carboxylic acids is 1. The number of nitrogens with one attached hydrogen (secondary N) is 1. The predicted octanol–water partition coefficient (Wildman–Crippen LogP) is 2.82. The van der Waals surface area contributed by atoms with Crippen LogP contribution < -0.4 is 15.8 Å². The molecule has 27 heavy (non-hydrogen) atoms. The van der Waals surface area contributed by atoms with Crippen molar-refractivity contribution >= 4 is 11.6 Å². The van der Waals surface area contributed by atoms with E-state index >= 15 is 0 Å². The van der Waals surface area contributed by atoms with Crippen LogP contribution in [0.5, 0.6) is 0 Å². The highest BCUT2D eigenvalue weighted by Crippen LogP contribution is 2.27. The molecule has 0 radical (unpaired) electrons. The maximum Gasteiger partial charge on any atom is 0.417 e. The molecule has 0 fully saturated rings. The second-order valence-corrected chi connectivity index (χ2v) is 6.15. The van der Waals surface area contributed by atoms with Gasteiger partial charge in [-0.2, -0.15) is 13.2 Å². The average Bonchev–Trinajstić information content (AvgIpc) is 2.59. The largest absolute Gasteiger partial charge is 0.417 e. The fraction of sp³-hybridized carbons (Fsp3) is 0.368. The number of likely N-dealkylation sites (N-methyl/N-ethyl adjacent to an activating group) is 1. The number of nitrogens with zero attached hydrogens (tertiary/aromatic N) is 2. The number of aromatic nitrogens is 1. The van der Waals surface area contributed by atoms with E-state index in [1.54, 1.807) is 0 Å². The lowest BCUT2D eigenvalue weighted by molar-refractivity contribution is -0.138. The van der Waals surface area contributed by atoms with E-state index in [0.29, 0.717) is 25.4 Å². The van der Waals surface area contributed by atoms with E-state index in [9.17, 15) is 22.8 Å². The summed E-state index contributed by atoms with van der Waals surface area (Å²) in [7, 11) is 0. The standard InChI is InChI=1S/C19H22F3N3O2/c1-3-24(16-6-4-5-14(2)11-16)10-9-23-17(26)13-25-12-15(19(20,21)22)7-8-18(25)27/h4-8,11-12H,3,9-10,13H2,1-2H3,(H,23,26). The molecule has 0 aliphatic heterocycles. The first kappa shape index (κ1) is 20.5. The van der Waals surface area contributed by atoms with Crippen LogP contribution in [0, 0.1) is 6.92 Å². The lowest BCUT2D eigenvalue weighted by atomic mass is 10.2. The molecule has 146 valence electrons. The quantitative estimate of drug-likeness (QED) is 0.803. The number of alkyl halides is 3. The molecule has 1 heterocycles. The highest BCUT2D eigenvalue weighted by molar-refractivity contribution is 5.75. The number of amides is 1. The number of benzene rings is 1. The fourth-order valence-corrected chi connectivity index (χ4v) is 2.66. The molecule has 1 amide bonds.